The summed E-state index contributed by atoms with van der Waals surface area (Å²) < 4.78 is 11.4. The summed E-state index contributed by atoms with van der Waals surface area (Å²) in [7, 11) is 0. The molecule has 0 aromatic rings. The van der Waals surface area contributed by atoms with E-state index in [0.717, 1.165) is 51.4 Å². The van der Waals surface area contributed by atoms with Crippen LogP contribution >= 0.6 is 0 Å². The largest absolute Gasteiger partial charge is 0.394 e. The van der Waals surface area contributed by atoms with Crippen LogP contribution in [0.2, 0.25) is 0 Å². The minimum atomic E-state index is -1.55. The normalized spacial score (nSPS) is 17.6. The van der Waals surface area contributed by atoms with Gasteiger partial charge in [0.15, 0.2) is 6.29 Å². The summed E-state index contributed by atoms with van der Waals surface area (Å²) in [5, 5.41) is 55.1. The molecule has 0 spiro atoms. The second-order valence-corrected chi connectivity index (χ2v) is 29.6. The van der Waals surface area contributed by atoms with E-state index in [0.29, 0.717) is 12.8 Å². The van der Waals surface area contributed by atoms with E-state index in [1.165, 1.54) is 366 Å². The van der Waals surface area contributed by atoms with E-state index in [4.69, 9.17) is 9.47 Å². The Labute approximate surface area is 584 Å². The summed E-state index contributed by atoms with van der Waals surface area (Å²) in [6, 6.07) is -0.719. The summed E-state index contributed by atoms with van der Waals surface area (Å²) in [6.07, 6.45) is 94.2. The molecule has 94 heavy (non-hydrogen) atoms. The minimum Gasteiger partial charge on any atom is -0.394 e. The highest BCUT2D eigenvalue weighted by atomic mass is 16.7. The van der Waals surface area contributed by atoms with E-state index in [1.807, 2.05) is 0 Å². The zero-order chi connectivity index (χ0) is 67.8. The van der Waals surface area contributed by atoms with Crippen molar-refractivity contribution in [2.75, 3.05) is 13.2 Å². The molecule has 7 unspecified atom stereocenters. The molecule has 0 aromatic heterocycles. The van der Waals surface area contributed by atoms with Gasteiger partial charge in [0.25, 0.3) is 0 Å². The Morgan fingerprint density at radius 3 is 0.926 bits per heavy atom. The van der Waals surface area contributed by atoms with Crippen LogP contribution < -0.4 is 5.32 Å². The topological polar surface area (TPSA) is 149 Å². The number of amides is 1. The molecule has 1 saturated heterocycles. The van der Waals surface area contributed by atoms with Gasteiger partial charge >= 0.3 is 0 Å². The average Bonchev–Trinajstić information content (AvgIpc) is 0.831. The van der Waals surface area contributed by atoms with Crippen LogP contribution in [0, 0.1) is 0 Å². The number of aliphatic hydroxyl groups is 5. The molecule has 0 radical (unpaired) electrons. The van der Waals surface area contributed by atoms with Crippen molar-refractivity contribution in [2.24, 2.45) is 0 Å². The molecule has 0 saturated carbocycles. The van der Waals surface area contributed by atoms with Gasteiger partial charge in [-0.2, -0.15) is 0 Å². The number of rotatable bonds is 76. The number of hydrogen-bond acceptors (Lipinski definition) is 8. The molecular weight excluding hydrogens is 1160 g/mol. The molecule has 1 fully saturated rings. The zero-order valence-corrected chi connectivity index (χ0v) is 62.8. The first-order valence-corrected chi connectivity index (χ1v) is 42.2. The first kappa shape index (κ1) is 90.4. The number of hydrogen-bond donors (Lipinski definition) is 6. The van der Waals surface area contributed by atoms with Crippen molar-refractivity contribution in [3.05, 3.63) is 36.5 Å². The number of carbonyl (C=O) groups is 1. The van der Waals surface area contributed by atoms with E-state index in [-0.39, 0.29) is 12.5 Å². The molecule has 556 valence electrons. The summed E-state index contributed by atoms with van der Waals surface area (Å²) in [5.41, 5.74) is 0. The Morgan fingerprint density at radius 1 is 0.362 bits per heavy atom. The van der Waals surface area contributed by atoms with Gasteiger partial charge in [-0.25, -0.2) is 0 Å². The van der Waals surface area contributed by atoms with Gasteiger partial charge in [-0.05, 0) is 51.4 Å². The van der Waals surface area contributed by atoms with Crippen LogP contribution in [-0.4, -0.2) is 87.5 Å². The summed E-state index contributed by atoms with van der Waals surface area (Å²) in [4.78, 5) is 13.2. The van der Waals surface area contributed by atoms with Crippen LogP contribution in [0.15, 0.2) is 36.5 Å². The minimum absolute atomic E-state index is 0.132. The number of aliphatic hydroxyl groups excluding tert-OH is 5. The summed E-state index contributed by atoms with van der Waals surface area (Å²) in [6.45, 7) is 3.90. The van der Waals surface area contributed by atoms with Gasteiger partial charge in [-0.15, -0.1) is 0 Å². The van der Waals surface area contributed by atoms with Crippen molar-refractivity contribution in [2.45, 2.75) is 487 Å². The van der Waals surface area contributed by atoms with Crippen molar-refractivity contribution in [1.82, 2.24) is 5.32 Å². The quantitative estimate of drug-likeness (QED) is 0.0261. The Bertz CT molecular complexity index is 1590. The lowest BCUT2D eigenvalue weighted by Crippen LogP contribution is -2.60. The molecule has 0 bridgehead atoms. The van der Waals surface area contributed by atoms with Crippen LogP contribution in [-0.2, 0) is 14.3 Å². The number of carbonyl (C=O) groups excluding carboxylic acids is 1. The lowest BCUT2D eigenvalue weighted by molar-refractivity contribution is -0.302. The molecule has 1 aliphatic heterocycles. The molecule has 1 amide bonds. The van der Waals surface area contributed by atoms with Gasteiger partial charge in [0, 0.05) is 6.42 Å². The molecule has 9 nitrogen and oxygen atoms in total. The Hall–Kier alpha value is -1.59. The maximum absolute atomic E-state index is 13.2. The monoisotopic (exact) mass is 1330 g/mol. The highest BCUT2D eigenvalue weighted by molar-refractivity contribution is 5.76. The fraction of sp³-hybridized carbons (Fsp3) is 0.918. The molecule has 9 heteroatoms. The Balaban J connectivity index is 2.01. The molecule has 1 rings (SSSR count). The standard InChI is InChI=1S/C85H163NO8/c1-3-5-7-9-11-13-15-17-19-21-23-25-27-29-31-33-35-36-37-38-39-40-41-42-43-44-45-47-49-51-53-55-57-59-61-63-65-67-69-71-73-75-81(89)86-78(77-93-85-84(92)83(91)82(90)80(76-87)94-85)79(88)74-72-70-68-66-64-62-60-58-56-54-52-50-48-46-34-32-30-28-26-24-22-20-18-16-14-12-10-8-6-4-2/h15,17,21,23,27,29,78-80,82-85,87-88,90-92H,3-14,16,18-20,22,24-26,28,30-77H2,1-2H3,(H,86,89)/b17-15-,23-21-,29-27-. The molecule has 0 aromatic carbocycles. The van der Waals surface area contributed by atoms with Crippen LogP contribution in [0.5, 0.6) is 0 Å². The maximum Gasteiger partial charge on any atom is 0.220 e. The van der Waals surface area contributed by atoms with Crippen LogP contribution in [0.4, 0.5) is 0 Å². The fourth-order valence-electron chi connectivity index (χ4n) is 13.9. The number of nitrogens with one attached hydrogen (secondary N) is 1. The van der Waals surface area contributed by atoms with Crippen molar-refractivity contribution in [1.29, 1.82) is 0 Å². The second kappa shape index (κ2) is 74.1. The third-order valence-electron chi connectivity index (χ3n) is 20.5. The van der Waals surface area contributed by atoms with Gasteiger partial charge in [-0.3, -0.25) is 4.79 Å². The van der Waals surface area contributed by atoms with E-state index in [2.05, 4.69) is 55.6 Å². The van der Waals surface area contributed by atoms with Gasteiger partial charge in [0.2, 0.25) is 5.91 Å². The smallest absolute Gasteiger partial charge is 0.220 e. The van der Waals surface area contributed by atoms with Crippen molar-refractivity contribution in [3.8, 4) is 0 Å². The van der Waals surface area contributed by atoms with Crippen molar-refractivity contribution < 1.29 is 39.8 Å². The molecule has 0 aliphatic carbocycles. The molecule has 7 atom stereocenters. The lowest BCUT2D eigenvalue weighted by atomic mass is 9.99. The number of ether oxygens (including phenoxy) is 2. The Morgan fingerprint density at radius 2 is 0.628 bits per heavy atom. The van der Waals surface area contributed by atoms with Gasteiger partial charge in [0.1, 0.15) is 24.4 Å². The molecular formula is C85H163NO8. The first-order chi connectivity index (χ1) is 46.3. The molecule has 6 N–H and O–H groups in total. The molecule has 1 heterocycles. The Kier molecular flexibility index (Phi) is 71.3. The van der Waals surface area contributed by atoms with Gasteiger partial charge < -0.3 is 40.3 Å². The van der Waals surface area contributed by atoms with E-state index in [1.54, 1.807) is 0 Å². The van der Waals surface area contributed by atoms with Crippen molar-refractivity contribution >= 4 is 5.91 Å². The second-order valence-electron chi connectivity index (χ2n) is 29.6. The first-order valence-electron chi connectivity index (χ1n) is 42.2. The summed E-state index contributed by atoms with van der Waals surface area (Å²) in [5.74, 6) is -0.133. The predicted molar refractivity (Wildman–Crippen MR) is 406 cm³/mol. The van der Waals surface area contributed by atoms with E-state index < -0.39 is 49.5 Å². The average molecular weight is 1330 g/mol. The SMILES string of the molecule is CCCCCCC/C=C\C/C=C\C/C=C\CCCCCCCCCCCCCCCCCCCCCCCCCCCCC(=O)NC(COC1OC(CO)C(O)C(O)C1O)C(O)CCCCCCCCCCCCCCCCCCCCCCCCCCCCCCCC. The van der Waals surface area contributed by atoms with Crippen LogP contribution in [0.3, 0.4) is 0 Å². The van der Waals surface area contributed by atoms with Crippen LogP contribution in [0.1, 0.15) is 444 Å². The third kappa shape index (κ3) is 61.5. The van der Waals surface area contributed by atoms with Crippen molar-refractivity contribution in [3.63, 3.8) is 0 Å². The fourth-order valence-corrected chi connectivity index (χ4v) is 13.9. The lowest BCUT2D eigenvalue weighted by Gasteiger charge is -2.40. The van der Waals surface area contributed by atoms with Gasteiger partial charge in [0.05, 0.1) is 25.4 Å². The van der Waals surface area contributed by atoms with Gasteiger partial charge in [-0.1, -0.05) is 423 Å². The van der Waals surface area contributed by atoms with E-state index >= 15 is 0 Å². The molecule has 1 aliphatic rings. The highest BCUT2D eigenvalue weighted by Gasteiger charge is 2.44. The number of allylic oxidation sites excluding steroid dienone is 6. The van der Waals surface area contributed by atoms with Crippen LogP contribution in [0.25, 0.3) is 0 Å². The predicted octanol–water partition coefficient (Wildman–Crippen LogP) is 24.5. The zero-order valence-electron chi connectivity index (χ0n) is 62.8. The summed E-state index contributed by atoms with van der Waals surface area (Å²) >= 11 is 0. The third-order valence-corrected chi connectivity index (χ3v) is 20.5. The van der Waals surface area contributed by atoms with E-state index in [9.17, 15) is 30.3 Å². The maximum atomic E-state index is 13.2. The highest BCUT2D eigenvalue weighted by Crippen LogP contribution is 2.25. The number of unbranched alkanes of at least 4 members (excludes halogenated alkanes) is 60.